The van der Waals surface area contributed by atoms with Gasteiger partial charge in [-0.2, -0.15) is 0 Å². The van der Waals surface area contributed by atoms with Gasteiger partial charge in [0.1, 0.15) is 0 Å². The van der Waals surface area contributed by atoms with Crippen LogP contribution in [0.2, 0.25) is 5.02 Å². The molecule has 0 saturated heterocycles. The minimum atomic E-state index is -0.313. The van der Waals surface area contributed by atoms with Crippen LogP contribution in [0.15, 0.2) is 42.6 Å². The normalized spacial score (nSPS) is 10.5. The zero-order chi connectivity index (χ0) is 18.7. The molecule has 134 valence electrons. The van der Waals surface area contributed by atoms with Gasteiger partial charge in [0, 0.05) is 22.2 Å². The lowest BCUT2D eigenvalue weighted by Gasteiger charge is -2.14. The van der Waals surface area contributed by atoms with Crippen molar-refractivity contribution in [1.29, 1.82) is 0 Å². The van der Waals surface area contributed by atoms with Crippen LogP contribution in [0.5, 0.6) is 17.2 Å². The molecule has 0 unspecified atom stereocenters. The molecule has 0 fully saturated rings. The third-order valence-electron chi connectivity index (χ3n) is 3.88. The summed E-state index contributed by atoms with van der Waals surface area (Å²) in [4.78, 5) is 17.0. The number of anilines is 1. The maximum absolute atomic E-state index is 12.8. The molecule has 3 rings (SSSR count). The third-order valence-corrected chi connectivity index (χ3v) is 4.11. The van der Waals surface area contributed by atoms with Crippen molar-refractivity contribution in [2.24, 2.45) is 0 Å². The highest BCUT2D eigenvalue weighted by Crippen LogP contribution is 2.38. The van der Waals surface area contributed by atoms with Crippen molar-refractivity contribution in [3.05, 3.63) is 53.2 Å². The molecule has 0 aliphatic carbocycles. The minimum absolute atomic E-state index is 0.313. The quantitative estimate of drug-likeness (QED) is 0.728. The second-order valence-corrected chi connectivity index (χ2v) is 5.82. The minimum Gasteiger partial charge on any atom is -0.493 e. The Bertz CT molecular complexity index is 950. The fourth-order valence-corrected chi connectivity index (χ4v) is 2.80. The van der Waals surface area contributed by atoms with Crippen LogP contribution < -0.4 is 19.5 Å². The summed E-state index contributed by atoms with van der Waals surface area (Å²) in [6.45, 7) is 0. The largest absolute Gasteiger partial charge is 0.493 e. The number of rotatable bonds is 5. The van der Waals surface area contributed by atoms with Gasteiger partial charge < -0.3 is 19.5 Å². The highest BCUT2D eigenvalue weighted by Gasteiger charge is 2.17. The topological polar surface area (TPSA) is 69.7 Å². The van der Waals surface area contributed by atoms with Crippen LogP contribution in [0.1, 0.15) is 10.4 Å². The van der Waals surface area contributed by atoms with Crippen LogP contribution >= 0.6 is 11.6 Å². The molecular formula is C19H17ClN2O4. The predicted octanol–water partition coefficient (Wildman–Crippen LogP) is 4.17. The van der Waals surface area contributed by atoms with Crippen molar-refractivity contribution < 1.29 is 19.0 Å². The third kappa shape index (κ3) is 3.36. The number of methoxy groups -OCH3 is 3. The first-order valence-corrected chi connectivity index (χ1v) is 8.10. The van der Waals surface area contributed by atoms with Crippen molar-refractivity contribution >= 4 is 34.1 Å². The van der Waals surface area contributed by atoms with E-state index in [1.807, 2.05) is 6.07 Å². The van der Waals surface area contributed by atoms with E-state index in [4.69, 9.17) is 25.8 Å². The second kappa shape index (κ2) is 7.49. The molecule has 0 spiro atoms. The van der Waals surface area contributed by atoms with Crippen LogP contribution in [0, 0.1) is 0 Å². The van der Waals surface area contributed by atoms with Gasteiger partial charge in [-0.1, -0.05) is 11.6 Å². The summed E-state index contributed by atoms with van der Waals surface area (Å²) >= 11 is 6.00. The smallest absolute Gasteiger partial charge is 0.255 e. The zero-order valence-corrected chi connectivity index (χ0v) is 15.3. The first kappa shape index (κ1) is 17.8. The molecular weight excluding hydrogens is 356 g/mol. The van der Waals surface area contributed by atoms with E-state index in [0.29, 0.717) is 39.0 Å². The molecule has 1 N–H and O–H groups in total. The second-order valence-electron chi connectivity index (χ2n) is 5.39. The van der Waals surface area contributed by atoms with E-state index in [2.05, 4.69) is 10.3 Å². The summed E-state index contributed by atoms with van der Waals surface area (Å²) in [6, 6.07) is 10.2. The lowest BCUT2D eigenvalue weighted by atomic mass is 10.1. The van der Waals surface area contributed by atoms with E-state index in [1.54, 1.807) is 36.5 Å². The summed E-state index contributed by atoms with van der Waals surface area (Å²) < 4.78 is 15.9. The maximum Gasteiger partial charge on any atom is 0.255 e. The number of amides is 1. The van der Waals surface area contributed by atoms with Gasteiger partial charge >= 0.3 is 0 Å². The summed E-state index contributed by atoms with van der Waals surface area (Å²) in [5.41, 5.74) is 1.70. The summed E-state index contributed by atoms with van der Waals surface area (Å²) in [5.74, 6) is 0.925. The SMILES string of the molecule is COc1cc(C(=O)Nc2ccnc3cc(Cl)ccc23)cc(OC)c1OC. The number of hydrogen-bond donors (Lipinski definition) is 1. The van der Waals surface area contributed by atoms with E-state index >= 15 is 0 Å². The van der Waals surface area contributed by atoms with Crippen molar-refractivity contribution in [3.8, 4) is 17.2 Å². The molecule has 1 aromatic heterocycles. The molecule has 0 aliphatic heterocycles. The van der Waals surface area contributed by atoms with Gasteiger partial charge in [-0.25, -0.2) is 0 Å². The number of fused-ring (bicyclic) bond motifs is 1. The van der Waals surface area contributed by atoms with Crippen LogP contribution in [-0.4, -0.2) is 32.2 Å². The molecule has 1 amide bonds. The Morgan fingerprint density at radius 2 is 1.69 bits per heavy atom. The first-order chi connectivity index (χ1) is 12.6. The molecule has 2 aromatic carbocycles. The van der Waals surface area contributed by atoms with E-state index in [-0.39, 0.29) is 5.91 Å². The molecule has 0 radical (unpaired) electrons. The number of carbonyl (C=O) groups is 1. The summed E-state index contributed by atoms with van der Waals surface area (Å²) in [5, 5.41) is 4.26. The Hall–Kier alpha value is -2.99. The van der Waals surface area contributed by atoms with Crippen molar-refractivity contribution in [2.45, 2.75) is 0 Å². The number of benzene rings is 2. The summed E-state index contributed by atoms with van der Waals surface area (Å²) in [6.07, 6.45) is 1.61. The van der Waals surface area contributed by atoms with Crippen molar-refractivity contribution in [2.75, 3.05) is 26.6 Å². The molecule has 26 heavy (non-hydrogen) atoms. The van der Waals surface area contributed by atoms with Crippen LogP contribution in [-0.2, 0) is 0 Å². The Morgan fingerprint density at radius 1 is 1.00 bits per heavy atom. The summed E-state index contributed by atoms with van der Waals surface area (Å²) in [7, 11) is 4.51. The van der Waals surface area contributed by atoms with Gasteiger partial charge in [0.15, 0.2) is 11.5 Å². The fraction of sp³-hybridized carbons (Fsp3) is 0.158. The van der Waals surface area contributed by atoms with E-state index in [9.17, 15) is 4.79 Å². The average Bonchev–Trinajstić information content (AvgIpc) is 2.66. The maximum atomic E-state index is 12.8. The molecule has 1 heterocycles. The number of halogens is 1. The molecule has 7 heteroatoms. The first-order valence-electron chi connectivity index (χ1n) is 7.73. The molecule has 0 bridgehead atoms. The standard InChI is InChI=1S/C19H17ClN2O4/c1-24-16-8-11(9-17(25-2)18(16)26-3)19(23)22-14-6-7-21-15-10-12(20)4-5-13(14)15/h4-10H,1-3H3,(H,21,22,23). The zero-order valence-electron chi connectivity index (χ0n) is 14.5. The van der Waals surface area contributed by atoms with Crippen molar-refractivity contribution in [3.63, 3.8) is 0 Å². The number of hydrogen-bond acceptors (Lipinski definition) is 5. The molecule has 6 nitrogen and oxygen atoms in total. The van der Waals surface area contributed by atoms with Gasteiger partial charge in [-0.05, 0) is 36.4 Å². The highest BCUT2D eigenvalue weighted by molar-refractivity contribution is 6.31. The van der Waals surface area contributed by atoms with Crippen LogP contribution in [0.3, 0.4) is 0 Å². The number of aromatic nitrogens is 1. The molecule has 3 aromatic rings. The van der Waals surface area contributed by atoms with E-state index in [0.717, 1.165) is 5.39 Å². The van der Waals surface area contributed by atoms with Gasteiger partial charge in [0.25, 0.3) is 5.91 Å². The molecule has 0 saturated carbocycles. The Kier molecular flexibility index (Phi) is 5.14. The van der Waals surface area contributed by atoms with Crippen LogP contribution in [0.25, 0.3) is 10.9 Å². The molecule has 0 atom stereocenters. The van der Waals surface area contributed by atoms with Gasteiger partial charge in [-0.3, -0.25) is 9.78 Å². The average molecular weight is 373 g/mol. The van der Waals surface area contributed by atoms with Crippen molar-refractivity contribution in [1.82, 2.24) is 4.98 Å². The predicted molar refractivity (Wildman–Crippen MR) is 101 cm³/mol. The van der Waals surface area contributed by atoms with Gasteiger partial charge in [0.05, 0.1) is 32.5 Å². The number of carbonyl (C=O) groups excluding carboxylic acids is 1. The Morgan fingerprint density at radius 3 is 2.31 bits per heavy atom. The number of nitrogens with zero attached hydrogens (tertiary/aromatic N) is 1. The Labute approximate surface area is 155 Å². The Balaban J connectivity index is 1.98. The van der Waals surface area contributed by atoms with Gasteiger partial charge in [-0.15, -0.1) is 0 Å². The lowest BCUT2D eigenvalue weighted by molar-refractivity contribution is 0.102. The highest BCUT2D eigenvalue weighted by atomic mass is 35.5. The molecule has 0 aliphatic rings. The monoisotopic (exact) mass is 372 g/mol. The van der Waals surface area contributed by atoms with E-state index in [1.165, 1.54) is 21.3 Å². The van der Waals surface area contributed by atoms with E-state index < -0.39 is 0 Å². The lowest BCUT2D eigenvalue weighted by Crippen LogP contribution is -2.13. The van der Waals surface area contributed by atoms with Gasteiger partial charge in [0.2, 0.25) is 5.75 Å². The fourth-order valence-electron chi connectivity index (χ4n) is 2.64. The number of pyridine rings is 1. The number of nitrogens with one attached hydrogen (secondary N) is 1. The van der Waals surface area contributed by atoms with Crippen LogP contribution in [0.4, 0.5) is 5.69 Å². The number of ether oxygens (including phenoxy) is 3.